The summed E-state index contributed by atoms with van der Waals surface area (Å²) in [7, 11) is -0.103. The number of hydrogen-bond donors (Lipinski definition) is 0. The summed E-state index contributed by atoms with van der Waals surface area (Å²) < 4.78 is 11.6. The highest BCUT2D eigenvalue weighted by molar-refractivity contribution is 6.75. The molecule has 1 aromatic carbocycles. The van der Waals surface area contributed by atoms with Gasteiger partial charge in [-0.05, 0) is 17.1 Å². The number of methoxy groups -OCH3 is 1. The Bertz CT molecular complexity index is 332. The van der Waals surface area contributed by atoms with E-state index in [0.717, 1.165) is 6.23 Å². The van der Waals surface area contributed by atoms with Crippen molar-refractivity contribution in [3.8, 4) is 0 Å². The van der Waals surface area contributed by atoms with Crippen molar-refractivity contribution in [3.63, 3.8) is 0 Å². The maximum Gasteiger partial charge on any atom is 0.220 e. The summed E-state index contributed by atoms with van der Waals surface area (Å²) in [6.07, 6.45) is 0.739. The molecule has 3 heteroatoms. The molecule has 96 valence electrons. The standard InChI is InChI=1S/C14H24O2Si/c1-14(2,3)17(5,12-15-4)16-11-13-9-7-6-8-10-13/h6-10H,11-12H2,1-5H3. The normalized spacial score (nSPS) is 15.6. The first-order valence-electron chi connectivity index (χ1n) is 6.06. The van der Waals surface area contributed by atoms with Gasteiger partial charge in [0.2, 0.25) is 8.32 Å². The van der Waals surface area contributed by atoms with Crippen molar-refractivity contribution in [3.05, 3.63) is 35.9 Å². The highest BCUT2D eigenvalue weighted by atomic mass is 28.4. The molecule has 0 aliphatic heterocycles. The van der Waals surface area contributed by atoms with Crippen LogP contribution in [0.5, 0.6) is 0 Å². The molecular formula is C14H24O2Si. The van der Waals surface area contributed by atoms with Crippen LogP contribution in [0, 0.1) is 0 Å². The fourth-order valence-corrected chi connectivity index (χ4v) is 3.55. The molecule has 1 rings (SSSR count). The summed E-state index contributed by atoms with van der Waals surface area (Å²) in [6.45, 7) is 9.65. The minimum atomic E-state index is -1.86. The molecule has 0 amide bonds. The van der Waals surface area contributed by atoms with Gasteiger partial charge in [0, 0.05) is 7.11 Å². The van der Waals surface area contributed by atoms with Crippen LogP contribution in [0.15, 0.2) is 30.3 Å². The zero-order chi connectivity index (χ0) is 12.9. The predicted octanol–water partition coefficient (Wildman–Crippen LogP) is 3.76. The Morgan fingerprint density at radius 3 is 2.18 bits per heavy atom. The molecule has 0 bridgehead atoms. The Morgan fingerprint density at radius 1 is 1.12 bits per heavy atom. The van der Waals surface area contributed by atoms with Gasteiger partial charge in [0.15, 0.2) is 0 Å². The minimum absolute atomic E-state index is 0.178. The van der Waals surface area contributed by atoms with Gasteiger partial charge in [-0.3, -0.25) is 0 Å². The van der Waals surface area contributed by atoms with E-state index in [9.17, 15) is 0 Å². The zero-order valence-electron chi connectivity index (χ0n) is 11.6. The van der Waals surface area contributed by atoms with Crippen LogP contribution in [-0.2, 0) is 15.8 Å². The minimum Gasteiger partial charge on any atom is -0.410 e. The van der Waals surface area contributed by atoms with Crippen molar-refractivity contribution >= 4 is 8.32 Å². The van der Waals surface area contributed by atoms with Gasteiger partial charge < -0.3 is 9.16 Å². The molecule has 0 N–H and O–H groups in total. The molecule has 0 fully saturated rings. The second kappa shape index (κ2) is 5.80. The predicted molar refractivity (Wildman–Crippen MR) is 74.4 cm³/mol. The zero-order valence-corrected chi connectivity index (χ0v) is 12.6. The quantitative estimate of drug-likeness (QED) is 0.743. The summed E-state index contributed by atoms with van der Waals surface area (Å²) >= 11 is 0. The van der Waals surface area contributed by atoms with Crippen molar-refractivity contribution < 1.29 is 9.16 Å². The molecule has 1 atom stereocenters. The van der Waals surface area contributed by atoms with E-state index in [1.165, 1.54) is 5.56 Å². The average Bonchev–Trinajstić information content (AvgIpc) is 2.27. The summed E-state index contributed by atoms with van der Waals surface area (Å²) in [6, 6.07) is 10.3. The van der Waals surface area contributed by atoms with Crippen molar-refractivity contribution in [1.82, 2.24) is 0 Å². The Labute approximate surface area is 106 Å². The van der Waals surface area contributed by atoms with Crippen LogP contribution in [0.1, 0.15) is 26.3 Å². The Hall–Kier alpha value is -0.643. The van der Waals surface area contributed by atoms with Gasteiger partial charge in [-0.25, -0.2) is 0 Å². The molecule has 1 unspecified atom stereocenters. The third-order valence-electron chi connectivity index (χ3n) is 3.41. The SMILES string of the molecule is COC[Si](C)(OCc1ccccc1)C(C)(C)C. The molecule has 0 saturated heterocycles. The van der Waals surface area contributed by atoms with Crippen LogP contribution in [-0.4, -0.2) is 21.7 Å². The molecular weight excluding hydrogens is 228 g/mol. The van der Waals surface area contributed by atoms with E-state index >= 15 is 0 Å². The van der Waals surface area contributed by atoms with Crippen molar-refractivity contribution in [2.24, 2.45) is 0 Å². The van der Waals surface area contributed by atoms with Gasteiger partial charge in [0.05, 0.1) is 12.8 Å². The highest BCUT2D eigenvalue weighted by Crippen LogP contribution is 2.37. The van der Waals surface area contributed by atoms with Crippen LogP contribution in [0.3, 0.4) is 0 Å². The largest absolute Gasteiger partial charge is 0.410 e. The number of rotatable bonds is 5. The van der Waals surface area contributed by atoms with Gasteiger partial charge in [-0.15, -0.1) is 0 Å². The molecule has 0 saturated carbocycles. The molecule has 0 aliphatic rings. The lowest BCUT2D eigenvalue weighted by Crippen LogP contribution is -2.48. The number of ether oxygens (including phenoxy) is 1. The van der Waals surface area contributed by atoms with Crippen LogP contribution >= 0.6 is 0 Å². The lowest BCUT2D eigenvalue weighted by Gasteiger charge is -2.38. The third kappa shape index (κ3) is 3.94. The van der Waals surface area contributed by atoms with Gasteiger partial charge in [-0.1, -0.05) is 51.1 Å². The van der Waals surface area contributed by atoms with Crippen molar-refractivity contribution in [2.75, 3.05) is 13.3 Å². The van der Waals surface area contributed by atoms with E-state index in [0.29, 0.717) is 6.61 Å². The van der Waals surface area contributed by atoms with Crippen LogP contribution < -0.4 is 0 Å². The summed E-state index contributed by atoms with van der Waals surface area (Å²) in [5.41, 5.74) is 1.23. The molecule has 0 aliphatic carbocycles. The van der Waals surface area contributed by atoms with E-state index in [-0.39, 0.29) is 5.04 Å². The average molecular weight is 252 g/mol. The topological polar surface area (TPSA) is 18.5 Å². The molecule has 1 aromatic rings. The summed E-state index contributed by atoms with van der Waals surface area (Å²) in [4.78, 5) is 0. The molecule has 0 radical (unpaired) electrons. The van der Waals surface area contributed by atoms with Crippen molar-refractivity contribution in [1.29, 1.82) is 0 Å². The fourth-order valence-electron chi connectivity index (χ4n) is 1.57. The molecule has 0 spiro atoms. The second-order valence-corrected chi connectivity index (χ2v) is 10.2. The van der Waals surface area contributed by atoms with Crippen LogP contribution in [0.4, 0.5) is 0 Å². The lowest BCUT2D eigenvalue weighted by molar-refractivity contribution is 0.190. The van der Waals surface area contributed by atoms with E-state index in [4.69, 9.17) is 9.16 Å². The van der Waals surface area contributed by atoms with Crippen LogP contribution in [0.25, 0.3) is 0 Å². The van der Waals surface area contributed by atoms with E-state index in [2.05, 4.69) is 39.5 Å². The first-order valence-corrected chi connectivity index (χ1v) is 8.67. The Kier molecular flexibility index (Phi) is 4.92. The number of hydrogen-bond acceptors (Lipinski definition) is 2. The maximum absolute atomic E-state index is 6.23. The summed E-state index contributed by atoms with van der Waals surface area (Å²) in [5, 5.41) is 0.178. The van der Waals surface area contributed by atoms with E-state index < -0.39 is 8.32 Å². The van der Waals surface area contributed by atoms with Gasteiger partial charge in [0.25, 0.3) is 0 Å². The molecule has 0 aromatic heterocycles. The Balaban J connectivity index is 2.69. The van der Waals surface area contributed by atoms with Gasteiger partial charge >= 0.3 is 0 Å². The van der Waals surface area contributed by atoms with Crippen molar-refractivity contribution in [2.45, 2.75) is 39.0 Å². The van der Waals surface area contributed by atoms with Gasteiger partial charge in [-0.2, -0.15) is 0 Å². The highest BCUT2D eigenvalue weighted by Gasteiger charge is 2.42. The van der Waals surface area contributed by atoms with E-state index in [1.54, 1.807) is 7.11 Å². The first-order chi connectivity index (χ1) is 7.89. The number of benzene rings is 1. The monoisotopic (exact) mass is 252 g/mol. The molecule has 0 heterocycles. The summed E-state index contributed by atoms with van der Waals surface area (Å²) in [5.74, 6) is 0. The van der Waals surface area contributed by atoms with Crippen LogP contribution in [0.2, 0.25) is 11.6 Å². The first kappa shape index (κ1) is 14.4. The lowest BCUT2D eigenvalue weighted by atomic mass is 10.2. The van der Waals surface area contributed by atoms with Gasteiger partial charge in [0.1, 0.15) is 0 Å². The smallest absolute Gasteiger partial charge is 0.220 e. The third-order valence-corrected chi connectivity index (χ3v) is 8.20. The molecule has 2 nitrogen and oxygen atoms in total. The maximum atomic E-state index is 6.23. The van der Waals surface area contributed by atoms with E-state index in [1.807, 2.05) is 18.2 Å². The second-order valence-electron chi connectivity index (χ2n) is 5.69. The molecule has 17 heavy (non-hydrogen) atoms. The fraction of sp³-hybridized carbons (Fsp3) is 0.571. The Morgan fingerprint density at radius 2 is 1.71 bits per heavy atom.